The molecule has 6 nitrogen and oxygen atoms in total. The number of primary amides is 1. The van der Waals surface area contributed by atoms with Gasteiger partial charge in [0.2, 0.25) is 5.91 Å². The fourth-order valence-electron chi connectivity index (χ4n) is 1.85. The molecule has 106 valence electrons. The Kier molecular flexibility index (Phi) is 3.76. The number of aromatic nitrogens is 4. The van der Waals surface area contributed by atoms with Crippen LogP contribution in [-0.4, -0.2) is 31.4 Å². The summed E-state index contributed by atoms with van der Waals surface area (Å²) in [5.74, 6) is -0.227. The van der Waals surface area contributed by atoms with Crippen molar-refractivity contribution in [3.05, 3.63) is 41.8 Å². The molecule has 0 unspecified atom stereocenters. The molecule has 1 amide bonds. The summed E-state index contributed by atoms with van der Waals surface area (Å²) >= 11 is 7.15. The van der Waals surface area contributed by atoms with Gasteiger partial charge in [-0.05, 0) is 24.3 Å². The van der Waals surface area contributed by atoms with Crippen molar-refractivity contribution in [2.45, 2.75) is 5.03 Å². The van der Waals surface area contributed by atoms with Crippen molar-refractivity contribution >= 4 is 40.3 Å². The molecule has 0 radical (unpaired) electrons. The number of fused-ring (bicyclic) bond motifs is 1. The fourth-order valence-corrected chi connectivity index (χ4v) is 2.67. The summed E-state index contributed by atoms with van der Waals surface area (Å²) in [5, 5.41) is 6.44. The molecule has 2 aromatic heterocycles. The number of benzene rings is 1. The van der Waals surface area contributed by atoms with Crippen molar-refractivity contribution in [2.24, 2.45) is 5.73 Å². The van der Waals surface area contributed by atoms with E-state index < -0.39 is 5.91 Å². The standard InChI is InChI=1S/C13H10ClN5OS/c14-8-1-3-9(4-2-8)19-12-10(5-18-19)13(17-7-16-12)21-6-11(15)20/h1-5,7H,6H2,(H2,15,20). The number of halogens is 1. The predicted molar refractivity (Wildman–Crippen MR) is 81.6 cm³/mol. The highest BCUT2D eigenvalue weighted by atomic mass is 35.5. The van der Waals surface area contributed by atoms with Gasteiger partial charge in [0.05, 0.1) is 23.0 Å². The number of nitrogens with zero attached hydrogens (tertiary/aromatic N) is 4. The first kappa shape index (κ1) is 13.8. The highest BCUT2D eigenvalue weighted by Crippen LogP contribution is 2.25. The van der Waals surface area contributed by atoms with E-state index in [1.807, 2.05) is 12.1 Å². The molecule has 0 saturated carbocycles. The molecule has 8 heteroatoms. The van der Waals surface area contributed by atoms with E-state index in [0.717, 1.165) is 11.1 Å². The first-order valence-electron chi connectivity index (χ1n) is 6.01. The smallest absolute Gasteiger partial charge is 0.227 e. The van der Waals surface area contributed by atoms with Gasteiger partial charge < -0.3 is 5.73 Å². The molecular formula is C13H10ClN5OS. The van der Waals surface area contributed by atoms with Gasteiger partial charge in [0.15, 0.2) is 5.65 Å². The summed E-state index contributed by atoms with van der Waals surface area (Å²) in [7, 11) is 0. The average molecular weight is 320 g/mol. The SMILES string of the molecule is NC(=O)CSc1ncnc2c1cnn2-c1ccc(Cl)cc1. The summed E-state index contributed by atoms with van der Waals surface area (Å²) in [4.78, 5) is 19.3. The molecule has 0 saturated heterocycles. The Balaban J connectivity index is 2.04. The predicted octanol–water partition coefficient (Wildman–Crippen LogP) is 2.05. The van der Waals surface area contributed by atoms with E-state index in [0.29, 0.717) is 15.7 Å². The second-order valence-corrected chi connectivity index (χ2v) is 5.60. The van der Waals surface area contributed by atoms with E-state index in [4.69, 9.17) is 17.3 Å². The summed E-state index contributed by atoms with van der Waals surface area (Å²) in [6, 6.07) is 7.28. The Hall–Kier alpha value is -2.12. The third-order valence-electron chi connectivity index (χ3n) is 2.75. The van der Waals surface area contributed by atoms with Crippen LogP contribution in [-0.2, 0) is 4.79 Å². The highest BCUT2D eigenvalue weighted by Gasteiger charge is 2.12. The molecule has 0 aliphatic heterocycles. The molecule has 1 aromatic carbocycles. The summed E-state index contributed by atoms with van der Waals surface area (Å²) in [6.07, 6.45) is 3.12. The zero-order valence-corrected chi connectivity index (χ0v) is 12.3. The van der Waals surface area contributed by atoms with Crippen molar-refractivity contribution in [1.82, 2.24) is 19.7 Å². The Morgan fingerprint density at radius 1 is 1.29 bits per heavy atom. The van der Waals surface area contributed by atoms with E-state index in [-0.39, 0.29) is 5.75 Å². The summed E-state index contributed by atoms with van der Waals surface area (Å²) in [6.45, 7) is 0. The van der Waals surface area contributed by atoms with Crippen LogP contribution in [0.2, 0.25) is 5.02 Å². The lowest BCUT2D eigenvalue weighted by molar-refractivity contribution is -0.115. The normalized spacial score (nSPS) is 10.9. The number of hydrogen-bond acceptors (Lipinski definition) is 5. The minimum atomic E-state index is -0.392. The largest absolute Gasteiger partial charge is 0.369 e. The number of thioether (sulfide) groups is 1. The van der Waals surface area contributed by atoms with Crippen LogP contribution in [0.4, 0.5) is 0 Å². The van der Waals surface area contributed by atoms with Crippen LogP contribution in [0.25, 0.3) is 16.7 Å². The van der Waals surface area contributed by atoms with Gasteiger partial charge in [0, 0.05) is 5.02 Å². The quantitative estimate of drug-likeness (QED) is 0.587. The Morgan fingerprint density at radius 2 is 2.05 bits per heavy atom. The molecule has 21 heavy (non-hydrogen) atoms. The topological polar surface area (TPSA) is 86.7 Å². The molecule has 0 spiro atoms. The van der Waals surface area contributed by atoms with Crippen LogP contribution in [0.3, 0.4) is 0 Å². The molecule has 3 aromatic rings. The van der Waals surface area contributed by atoms with Gasteiger partial charge in [0.25, 0.3) is 0 Å². The van der Waals surface area contributed by atoms with Gasteiger partial charge in [-0.1, -0.05) is 23.4 Å². The monoisotopic (exact) mass is 319 g/mol. The van der Waals surface area contributed by atoms with E-state index >= 15 is 0 Å². The average Bonchev–Trinajstić information content (AvgIpc) is 2.90. The maximum absolute atomic E-state index is 10.9. The van der Waals surface area contributed by atoms with E-state index in [2.05, 4.69) is 15.1 Å². The Bertz CT molecular complexity index is 802. The van der Waals surface area contributed by atoms with Gasteiger partial charge in [-0.3, -0.25) is 4.79 Å². The minimum absolute atomic E-state index is 0.165. The zero-order chi connectivity index (χ0) is 14.8. The number of amides is 1. The Morgan fingerprint density at radius 3 is 2.76 bits per heavy atom. The number of nitrogens with two attached hydrogens (primary N) is 1. The maximum atomic E-state index is 10.9. The lowest BCUT2D eigenvalue weighted by atomic mass is 10.3. The van der Waals surface area contributed by atoms with Crippen molar-refractivity contribution in [3.63, 3.8) is 0 Å². The molecular weight excluding hydrogens is 310 g/mol. The molecule has 0 bridgehead atoms. The lowest BCUT2D eigenvalue weighted by Gasteiger charge is -2.03. The Labute approximate surface area is 129 Å². The number of carbonyl (C=O) groups is 1. The van der Waals surface area contributed by atoms with Gasteiger partial charge >= 0.3 is 0 Å². The van der Waals surface area contributed by atoms with Crippen molar-refractivity contribution in [1.29, 1.82) is 0 Å². The molecule has 0 aliphatic carbocycles. The molecule has 3 rings (SSSR count). The first-order chi connectivity index (χ1) is 10.1. The van der Waals surface area contributed by atoms with Gasteiger partial charge in [-0.15, -0.1) is 0 Å². The highest BCUT2D eigenvalue weighted by molar-refractivity contribution is 8.00. The van der Waals surface area contributed by atoms with Crippen LogP contribution in [0.15, 0.2) is 41.8 Å². The summed E-state index contributed by atoms with van der Waals surface area (Å²) in [5.41, 5.74) is 6.67. The van der Waals surface area contributed by atoms with Crippen LogP contribution in [0.1, 0.15) is 0 Å². The van der Waals surface area contributed by atoms with E-state index in [1.165, 1.54) is 18.1 Å². The second-order valence-electron chi connectivity index (χ2n) is 4.20. The third kappa shape index (κ3) is 2.84. The van der Waals surface area contributed by atoms with Crippen molar-refractivity contribution in [2.75, 3.05) is 5.75 Å². The van der Waals surface area contributed by atoms with Crippen LogP contribution < -0.4 is 5.73 Å². The van der Waals surface area contributed by atoms with Crippen molar-refractivity contribution in [3.8, 4) is 5.69 Å². The van der Waals surface area contributed by atoms with Crippen LogP contribution in [0, 0.1) is 0 Å². The van der Waals surface area contributed by atoms with E-state index in [9.17, 15) is 4.79 Å². The minimum Gasteiger partial charge on any atom is -0.369 e. The van der Waals surface area contributed by atoms with Crippen LogP contribution >= 0.6 is 23.4 Å². The van der Waals surface area contributed by atoms with Crippen molar-refractivity contribution < 1.29 is 4.79 Å². The zero-order valence-electron chi connectivity index (χ0n) is 10.7. The van der Waals surface area contributed by atoms with Crippen LogP contribution in [0.5, 0.6) is 0 Å². The second kappa shape index (κ2) is 5.71. The fraction of sp³-hybridized carbons (Fsp3) is 0.0769. The van der Waals surface area contributed by atoms with E-state index in [1.54, 1.807) is 23.0 Å². The molecule has 0 aliphatic rings. The molecule has 0 fully saturated rings. The summed E-state index contributed by atoms with van der Waals surface area (Å²) < 4.78 is 1.70. The molecule has 0 atom stereocenters. The maximum Gasteiger partial charge on any atom is 0.227 e. The lowest BCUT2D eigenvalue weighted by Crippen LogP contribution is -2.13. The first-order valence-corrected chi connectivity index (χ1v) is 7.37. The number of carbonyl (C=O) groups excluding carboxylic acids is 1. The number of hydrogen-bond donors (Lipinski definition) is 1. The third-order valence-corrected chi connectivity index (χ3v) is 4.03. The van der Waals surface area contributed by atoms with Gasteiger partial charge in [-0.25, -0.2) is 14.6 Å². The number of rotatable bonds is 4. The van der Waals surface area contributed by atoms with Gasteiger partial charge in [-0.2, -0.15) is 5.10 Å². The molecule has 2 N–H and O–H groups in total. The molecule has 2 heterocycles. The van der Waals surface area contributed by atoms with Gasteiger partial charge in [0.1, 0.15) is 11.4 Å².